The Morgan fingerprint density at radius 2 is 1.54 bits per heavy atom. The molecule has 0 heterocycles. The molecule has 11 heteroatoms. The Balaban J connectivity index is 2.12. The number of amides is 2. The van der Waals surface area contributed by atoms with Crippen LogP contribution in [0.25, 0.3) is 0 Å². The second-order valence-corrected chi connectivity index (χ2v) is 12.8. The zero-order valence-corrected chi connectivity index (χ0v) is 26.5. The molecule has 3 aromatic carbocycles. The van der Waals surface area contributed by atoms with Crippen molar-refractivity contribution >= 4 is 62.3 Å². The van der Waals surface area contributed by atoms with E-state index in [0.29, 0.717) is 38.3 Å². The van der Waals surface area contributed by atoms with Crippen molar-refractivity contribution in [3.8, 4) is 0 Å². The van der Waals surface area contributed by atoms with Crippen LogP contribution in [0, 0.1) is 6.92 Å². The Bertz CT molecular complexity index is 1470. The number of rotatable bonds is 12. The average Bonchev–Trinajstić information content (AvgIpc) is 2.93. The van der Waals surface area contributed by atoms with Crippen LogP contribution in [0.5, 0.6) is 0 Å². The molecular formula is C30H34Cl3N3O4S. The molecule has 0 aliphatic carbocycles. The number of sulfonamides is 1. The minimum absolute atomic E-state index is 0.0180. The van der Waals surface area contributed by atoms with Crippen molar-refractivity contribution in [1.29, 1.82) is 0 Å². The number of carbonyl (C=O) groups excluding carboxylic acids is 2. The topological polar surface area (TPSA) is 86.8 Å². The predicted molar refractivity (Wildman–Crippen MR) is 166 cm³/mol. The Morgan fingerprint density at radius 3 is 2.10 bits per heavy atom. The van der Waals surface area contributed by atoms with Crippen molar-refractivity contribution in [2.45, 2.75) is 64.1 Å². The van der Waals surface area contributed by atoms with E-state index in [1.54, 1.807) is 68.4 Å². The lowest BCUT2D eigenvalue weighted by atomic mass is 10.1. The minimum Gasteiger partial charge on any atom is -0.352 e. The van der Waals surface area contributed by atoms with Crippen LogP contribution in [0.4, 0.5) is 5.69 Å². The molecule has 0 fully saturated rings. The summed E-state index contributed by atoms with van der Waals surface area (Å²) in [5.74, 6) is -0.945. The Hall–Kier alpha value is -2.78. The minimum atomic E-state index is -4.19. The first-order valence-corrected chi connectivity index (χ1v) is 15.8. The van der Waals surface area contributed by atoms with Gasteiger partial charge in [-0.25, -0.2) is 8.42 Å². The second kappa shape index (κ2) is 14.4. The van der Waals surface area contributed by atoms with Crippen LogP contribution in [0.15, 0.2) is 71.6 Å². The summed E-state index contributed by atoms with van der Waals surface area (Å²) in [4.78, 5) is 29.0. The number of hydrogen-bond donors (Lipinski definition) is 1. The van der Waals surface area contributed by atoms with Gasteiger partial charge in [0.1, 0.15) is 12.6 Å². The van der Waals surface area contributed by atoms with Crippen LogP contribution in [0.2, 0.25) is 15.1 Å². The number of halogens is 3. The summed E-state index contributed by atoms with van der Waals surface area (Å²) in [6.07, 6.45) is 0.979. The lowest BCUT2D eigenvalue weighted by molar-refractivity contribution is -0.140. The maximum Gasteiger partial charge on any atom is 0.264 e. The number of nitrogens with zero attached hydrogens (tertiary/aromatic N) is 2. The summed E-state index contributed by atoms with van der Waals surface area (Å²) >= 11 is 19.1. The van der Waals surface area contributed by atoms with Gasteiger partial charge in [-0.15, -0.1) is 0 Å². The second-order valence-electron chi connectivity index (χ2n) is 9.72. The fourth-order valence-corrected chi connectivity index (χ4v) is 6.59. The normalized spacial score (nSPS) is 12.9. The van der Waals surface area contributed by atoms with Gasteiger partial charge in [-0.05, 0) is 74.7 Å². The van der Waals surface area contributed by atoms with Gasteiger partial charge in [0.25, 0.3) is 10.0 Å². The molecule has 2 amide bonds. The zero-order chi connectivity index (χ0) is 30.3. The smallest absolute Gasteiger partial charge is 0.264 e. The molecule has 7 nitrogen and oxygen atoms in total. The largest absolute Gasteiger partial charge is 0.352 e. The number of nitrogens with one attached hydrogen (secondary N) is 1. The first-order chi connectivity index (χ1) is 19.4. The van der Waals surface area contributed by atoms with Gasteiger partial charge in [-0.1, -0.05) is 72.9 Å². The maximum absolute atomic E-state index is 14.2. The van der Waals surface area contributed by atoms with Crippen LogP contribution in [0.3, 0.4) is 0 Å². The van der Waals surface area contributed by atoms with Crippen LogP contribution in [-0.2, 0) is 26.2 Å². The quantitative estimate of drug-likeness (QED) is 0.235. The number of aryl methyl sites for hydroxylation is 1. The Morgan fingerprint density at radius 1 is 0.902 bits per heavy atom. The molecule has 0 saturated heterocycles. The highest BCUT2D eigenvalue weighted by Crippen LogP contribution is 2.31. The van der Waals surface area contributed by atoms with Crippen LogP contribution in [0.1, 0.15) is 44.7 Å². The molecule has 1 N–H and O–H groups in total. The van der Waals surface area contributed by atoms with E-state index in [-0.39, 0.29) is 29.8 Å². The van der Waals surface area contributed by atoms with E-state index in [4.69, 9.17) is 34.8 Å². The molecule has 41 heavy (non-hydrogen) atoms. The molecule has 0 bridgehead atoms. The van der Waals surface area contributed by atoms with E-state index in [1.165, 1.54) is 17.0 Å². The molecular weight excluding hydrogens is 605 g/mol. The van der Waals surface area contributed by atoms with E-state index in [2.05, 4.69) is 5.32 Å². The van der Waals surface area contributed by atoms with Crippen LogP contribution < -0.4 is 9.62 Å². The number of hydrogen-bond acceptors (Lipinski definition) is 4. The molecule has 3 rings (SSSR count). The molecule has 0 radical (unpaired) electrons. The van der Waals surface area contributed by atoms with Gasteiger partial charge in [-0.3, -0.25) is 13.9 Å². The SMILES string of the molecule is CCC(C)NC(=O)C(CC)N(Cc1c(Cl)cccc1Cl)C(=O)CN(c1ccc(Cl)cc1C)S(=O)(=O)c1ccccc1. The standard InChI is InChI=1S/C30H34Cl3N3O4S/c1-5-21(4)34-30(38)27(6-2)35(18-24-25(32)13-10-14-26(24)33)29(37)19-36(28-16-15-22(31)17-20(28)3)41(39,40)23-11-8-7-9-12-23/h7-17,21,27H,5-6,18-19H2,1-4H3,(H,34,38). The highest BCUT2D eigenvalue weighted by atomic mass is 35.5. The number of benzene rings is 3. The van der Waals surface area contributed by atoms with E-state index in [0.717, 1.165) is 4.31 Å². The average molecular weight is 639 g/mol. The summed E-state index contributed by atoms with van der Waals surface area (Å²) in [5.41, 5.74) is 1.31. The molecule has 2 unspecified atom stereocenters. The van der Waals surface area contributed by atoms with Gasteiger partial charge in [-0.2, -0.15) is 0 Å². The van der Waals surface area contributed by atoms with Crippen molar-refractivity contribution in [2.24, 2.45) is 0 Å². The summed E-state index contributed by atoms with van der Waals surface area (Å²) in [5, 5.41) is 4.03. The third kappa shape index (κ3) is 7.95. The Kier molecular flexibility index (Phi) is 11.5. The third-order valence-corrected chi connectivity index (χ3v) is 9.53. The molecule has 220 valence electrons. The van der Waals surface area contributed by atoms with Gasteiger partial charge >= 0.3 is 0 Å². The van der Waals surface area contributed by atoms with Crippen molar-refractivity contribution in [1.82, 2.24) is 10.2 Å². The van der Waals surface area contributed by atoms with Gasteiger partial charge in [0.15, 0.2) is 0 Å². The Labute approximate surface area is 257 Å². The lowest BCUT2D eigenvalue weighted by Gasteiger charge is -2.34. The molecule has 2 atom stereocenters. The van der Waals surface area contributed by atoms with Gasteiger partial charge < -0.3 is 10.2 Å². The fraction of sp³-hybridized carbons (Fsp3) is 0.333. The molecule has 0 saturated carbocycles. The van der Waals surface area contributed by atoms with Crippen LogP contribution >= 0.6 is 34.8 Å². The van der Waals surface area contributed by atoms with E-state index >= 15 is 0 Å². The molecule has 0 aliphatic rings. The van der Waals surface area contributed by atoms with Crippen molar-refractivity contribution < 1.29 is 18.0 Å². The highest BCUT2D eigenvalue weighted by Gasteiger charge is 2.35. The number of anilines is 1. The first-order valence-electron chi connectivity index (χ1n) is 13.3. The van der Waals surface area contributed by atoms with Crippen molar-refractivity contribution in [3.63, 3.8) is 0 Å². The molecule has 0 aromatic heterocycles. The summed E-state index contributed by atoms with van der Waals surface area (Å²) in [6.45, 7) is 6.65. The van der Waals surface area contributed by atoms with E-state index in [9.17, 15) is 18.0 Å². The summed E-state index contributed by atoms with van der Waals surface area (Å²) < 4.78 is 29.0. The van der Waals surface area contributed by atoms with E-state index in [1.807, 2.05) is 13.8 Å². The van der Waals surface area contributed by atoms with Gasteiger partial charge in [0.05, 0.1) is 10.6 Å². The number of carbonyl (C=O) groups is 2. The van der Waals surface area contributed by atoms with Gasteiger partial charge in [0.2, 0.25) is 11.8 Å². The maximum atomic E-state index is 14.2. The fourth-order valence-electron chi connectivity index (χ4n) is 4.35. The third-order valence-electron chi connectivity index (χ3n) is 6.81. The van der Waals surface area contributed by atoms with Crippen LogP contribution in [-0.4, -0.2) is 43.8 Å². The monoisotopic (exact) mass is 637 g/mol. The zero-order valence-electron chi connectivity index (χ0n) is 23.4. The van der Waals surface area contributed by atoms with Gasteiger partial charge in [0, 0.05) is 33.2 Å². The summed E-state index contributed by atoms with van der Waals surface area (Å²) in [7, 11) is -4.19. The molecule has 3 aromatic rings. The highest BCUT2D eigenvalue weighted by molar-refractivity contribution is 7.92. The van der Waals surface area contributed by atoms with Crippen molar-refractivity contribution in [2.75, 3.05) is 10.8 Å². The molecule has 0 spiro atoms. The van der Waals surface area contributed by atoms with Crippen molar-refractivity contribution in [3.05, 3.63) is 92.9 Å². The van der Waals surface area contributed by atoms with E-state index < -0.39 is 28.5 Å². The first kappa shape index (κ1) is 32.7. The predicted octanol–water partition coefficient (Wildman–Crippen LogP) is 6.87. The summed E-state index contributed by atoms with van der Waals surface area (Å²) in [6, 6.07) is 16.6. The molecule has 0 aliphatic heterocycles. The lowest BCUT2D eigenvalue weighted by Crippen LogP contribution is -2.53.